The van der Waals surface area contributed by atoms with Crippen molar-refractivity contribution >= 4 is 11.8 Å². The summed E-state index contributed by atoms with van der Waals surface area (Å²) in [5.41, 5.74) is 1.15. The van der Waals surface area contributed by atoms with E-state index in [4.69, 9.17) is 0 Å². The van der Waals surface area contributed by atoms with Crippen LogP contribution in [-0.2, 0) is 4.79 Å². The summed E-state index contributed by atoms with van der Waals surface area (Å²) in [7, 11) is 0. The van der Waals surface area contributed by atoms with E-state index < -0.39 is 23.6 Å². The normalized spacial score (nSPS) is 17.5. The van der Waals surface area contributed by atoms with E-state index in [2.05, 4.69) is 15.7 Å². The highest BCUT2D eigenvalue weighted by Crippen LogP contribution is 2.21. The summed E-state index contributed by atoms with van der Waals surface area (Å²) in [6, 6.07) is 2.56. The second-order valence-electron chi connectivity index (χ2n) is 6.37. The highest BCUT2D eigenvalue weighted by molar-refractivity contribution is 5.99. The number of benzene rings is 1. The van der Waals surface area contributed by atoms with Crippen LogP contribution in [-0.4, -0.2) is 34.2 Å². The Bertz CT molecular complexity index is 863. The highest BCUT2D eigenvalue weighted by atomic mass is 19.1. The fourth-order valence-corrected chi connectivity index (χ4v) is 3.17. The van der Waals surface area contributed by atoms with Gasteiger partial charge in [-0.1, -0.05) is 0 Å². The molecule has 1 aromatic heterocycles. The number of hydrogen-bond donors (Lipinski definition) is 2. The molecule has 3 rings (SSSR count). The second-order valence-corrected chi connectivity index (χ2v) is 6.37. The molecule has 1 aliphatic heterocycles. The van der Waals surface area contributed by atoms with Crippen molar-refractivity contribution in [2.75, 3.05) is 6.54 Å². The number of hydrogen-bond acceptors (Lipinski definition) is 3. The zero-order chi connectivity index (χ0) is 18.8. The number of nitrogens with zero attached hydrogens (tertiary/aromatic N) is 2. The first-order valence-corrected chi connectivity index (χ1v) is 8.48. The van der Waals surface area contributed by atoms with Gasteiger partial charge in [0.2, 0.25) is 5.91 Å². The number of halogens is 2. The molecule has 0 aliphatic carbocycles. The van der Waals surface area contributed by atoms with E-state index in [9.17, 15) is 18.4 Å². The van der Waals surface area contributed by atoms with Gasteiger partial charge in [0.05, 0.1) is 17.0 Å². The fourth-order valence-electron chi connectivity index (χ4n) is 3.17. The maximum absolute atomic E-state index is 14.1. The van der Waals surface area contributed by atoms with E-state index in [0.717, 1.165) is 25.0 Å². The molecule has 0 saturated carbocycles. The maximum Gasteiger partial charge on any atom is 0.255 e. The van der Waals surface area contributed by atoms with Gasteiger partial charge in [0.25, 0.3) is 5.91 Å². The van der Waals surface area contributed by atoms with Gasteiger partial charge < -0.3 is 10.6 Å². The average molecular weight is 362 g/mol. The predicted octanol–water partition coefficient (Wildman–Crippen LogP) is 2.17. The van der Waals surface area contributed by atoms with Crippen molar-refractivity contribution in [2.45, 2.75) is 39.2 Å². The van der Waals surface area contributed by atoms with E-state index >= 15 is 0 Å². The molecule has 1 atom stereocenters. The van der Waals surface area contributed by atoms with E-state index in [1.807, 2.05) is 0 Å². The molecule has 1 aliphatic rings. The predicted molar refractivity (Wildman–Crippen MR) is 91.1 cm³/mol. The molecule has 8 heteroatoms. The van der Waals surface area contributed by atoms with Crippen LogP contribution in [0.2, 0.25) is 0 Å². The van der Waals surface area contributed by atoms with E-state index in [1.54, 1.807) is 13.8 Å². The molecule has 1 aromatic carbocycles. The van der Waals surface area contributed by atoms with Gasteiger partial charge >= 0.3 is 0 Å². The minimum Gasteiger partial charge on any atom is -0.354 e. The van der Waals surface area contributed by atoms with Gasteiger partial charge in [-0.3, -0.25) is 9.59 Å². The van der Waals surface area contributed by atoms with Gasteiger partial charge in [0, 0.05) is 12.6 Å². The summed E-state index contributed by atoms with van der Waals surface area (Å²) in [4.78, 5) is 24.7. The second kappa shape index (κ2) is 7.23. The number of carbonyl (C=O) groups is 2. The van der Waals surface area contributed by atoms with Crippen LogP contribution in [0, 0.1) is 25.5 Å². The van der Waals surface area contributed by atoms with Gasteiger partial charge in [-0.05, 0) is 45.2 Å². The van der Waals surface area contributed by atoms with Crippen LogP contribution in [0.15, 0.2) is 18.2 Å². The third-order valence-electron chi connectivity index (χ3n) is 4.50. The summed E-state index contributed by atoms with van der Waals surface area (Å²) in [5.74, 6) is -2.10. The lowest BCUT2D eigenvalue weighted by Gasteiger charge is -2.15. The monoisotopic (exact) mass is 362 g/mol. The zero-order valence-electron chi connectivity index (χ0n) is 14.6. The third-order valence-corrected chi connectivity index (χ3v) is 4.50. The van der Waals surface area contributed by atoms with Crippen LogP contribution in [0.3, 0.4) is 0 Å². The topological polar surface area (TPSA) is 76.0 Å². The van der Waals surface area contributed by atoms with Crippen LogP contribution < -0.4 is 10.6 Å². The molecule has 26 heavy (non-hydrogen) atoms. The lowest BCUT2D eigenvalue weighted by Crippen LogP contribution is -2.45. The molecule has 138 valence electrons. The van der Waals surface area contributed by atoms with Crippen molar-refractivity contribution in [1.29, 1.82) is 0 Å². The number of nitrogens with one attached hydrogen (secondary N) is 2. The Kier molecular flexibility index (Phi) is 5.01. The molecule has 1 fully saturated rings. The Morgan fingerprint density at radius 2 is 2.08 bits per heavy atom. The summed E-state index contributed by atoms with van der Waals surface area (Å²) in [6.07, 6.45) is 2.27. The van der Waals surface area contributed by atoms with Gasteiger partial charge in [0.15, 0.2) is 5.82 Å². The van der Waals surface area contributed by atoms with Gasteiger partial charge in [-0.2, -0.15) is 5.10 Å². The van der Waals surface area contributed by atoms with E-state index in [0.29, 0.717) is 24.4 Å². The smallest absolute Gasteiger partial charge is 0.255 e. The largest absolute Gasteiger partial charge is 0.354 e. The maximum atomic E-state index is 14.1. The Morgan fingerprint density at radius 1 is 1.31 bits per heavy atom. The number of carbonyl (C=O) groups excluding carboxylic acids is 2. The Labute approximate surface area is 149 Å². The quantitative estimate of drug-likeness (QED) is 0.879. The van der Waals surface area contributed by atoms with Crippen molar-refractivity contribution < 1.29 is 18.4 Å². The van der Waals surface area contributed by atoms with Crippen LogP contribution in [0.4, 0.5) is 8.78 Å². The Morgan fingerprint density at radius 3 is 2.81 bits per heavy atom. The van der Waals surface area contributed by atoms with Crippen molar-refractivity contribution in [1.82, 2.24) is 20.4 Å². The van der Waals surface area contributed by atoms with Crippen molar-refractivity contribution in [2.24, 2.45) is 0 Å². The van der Waals surface area contributed by atoms with Crippen molar-refractivity contribution in [3.8, 4) is 5.69 Å². The van der Waals surface area contributed by atoms with Crippen LogP contribution in [0.25, 0.3) is 5.69 Å². The minimum absolute atomic E-state index is 0.0539. The third kappa shape index (κ3) is 3.44. The number of aryl methyl sites for hydroxylation is 1. The molecule has 1 saturated heterocycles. The summed E-state index contributed by atoms with van der Waals surface area (Å²) in [6.45, 7) is 3.86. The van der Waals surface area contributed by atoms with E-state index in [1.165, 1.54) is 10.7 Å². The van der Waals surface area contributed by atoms with Gasteiger partial charge in [-0.25, -0.2) is 13.5 Å². The average Bonchev–Trinajstić information content (AvgIpc) is 2.73. The Balaban J connectivity index is 1.90. The molecule has 0 bridgehead atoms. The van der Waals surface area contributed by atoms with Gasteiger partial charge in [0.1, 0.15) is 17.5 Å². The number of aromatic nitrogens is 2. The first-order valence-electron chi connectivity index (χ1n) is 8.48. The molecule has 2 amide bonds. The van der Waals surface area contributed by atoms with Crippen LogP contribution in [0.1, 0.15) is 41.0 Å². The molecule has 1 unspecified atom stereocenters. The van der Waals surface area contributed by atoms with Gasteiger partial charge in [-0.15, -0.1) is 0 Å². The number of rotatable bonds is 3. The fraction of sp³-hybridized carbons (Fsp3) is 0.389. The molecule has 2 N–H and O–H groups in total. The highest BCUT2D eigenvalue weighted by Gasteiger charge is 2.26. The van der Waals surface area contributed by atoms with Crippen LogP contribution in [0.5, 0.6) is 0 Å². The molecular weight excluding hydrogens is 342 g/mol. The first kappa shape index (κ1) is 18.0. The van der Waals surface area contributed by atoms with Crippen molar-refractivity contribution in [3.05, 3.63) is 46.8 Å². The lowest BCUT2D eigenvalue weighted by molar-refractivity contribution is -0.122. The van der Waals surface area contributed by atoms with Crippen molar-refractivity contribution in [3.63, 3.8) is 0 Å². The lowest BCUT2D eigenvalue weighted by atomic mass is 10.1. The Hall–Kier alpha value is -2.77. The zero-order valence-corrected chi connectivity index (χ0v) is 14.6. The molecule has 6 nitrogen and oxygen atoms in total. The molecule has 2 heterocycles. The molecular formula is C18H20F2N4O2. The minimum atomic E-state index is -0.772. The van der Waals surface area contributed by atoms with Crippen LogP contribution >= 0.6 is 0 Å². The van der Waals surface area contributed by atoms with E-state index in [-0.39, 0.29) is 17.2 Å². The molecule has 0 radical (unpaired) electrons. The first-order chi connectivity index (χ1) is 12.4. The summed E-state index contributed by atoms with van der Waals surface area (Å²) >= 11 is 0. The molecule has 2 aromatic rings. The standard InChI is InChI=1S/C18H20F2N4O2/c1-10-16(18(26)22-14-5-3-4-8-21-17(14)25)11(2)24(23-10)15-7-6-12(19)9-13(15)20/h6-7,9,14H,3-5,8H2,1-2H3,(H,21,25)(H,22,26). The molecule has 0 spiro atoms. The SMILES string of the molecule is Cc1nn(-c2ccc(F)cc2F)c(C)c1C(=O)NC1CCCCNC1=O. The summed E-state index contributed by atoms with van der Waals surface area (Å²) < 4.78 is 28.5. The summed E-state index contributed by atoms with van der Waals surface area (Å²) in [5, 5.41) is 9.72. The number of amides is 2.